The molecule has 0 bridgehead atoms. The summed E-state index contributed by atoms with van der Waals surface area (Å²) in [7, 11) is 4.14. The molecule has 172 valence electrons. The van der Waals surface area contributed by atoms with Crippen molar-refractivity contribution in [1.29, 1.82) is 0 Å². The highest BCUT2D eigenvalue weighted by molar-refractivity contribution is 7.80. The maximum absolute atomic E-state index is 6.12. The van der Waals surface area contributed by atoms with Gasteiger partial charge in [0.1, 0.15) is 5.82 Å². The molecule has 0 spiro atoms. The van der Waals surface area contributed by atoms with E-state index in [2.05, 4.69) is 34.9 Å². The molecular weight excluding hydrogens is 440 g/mol. The first-order valence-electron chi connectivity index (χ1n) is 11.6. The summed E-state index contributed by atoms with van der Waals surface area (Å²) in [6, 6.07) is 6.55. The molecule has 1 saturated carbocycles. The molecule has 3 N–H and O–H groups in total. The van der Waals surface area contributed by atoms with Gasteiger partial charge >= 0.3 is 0 Å². The molecule has 6 nitrogen and oxygen atoms in total. The maximum Gasteiger partial charge on any atom is 0.225 e. The molecule has 32 heavy (non-hydrogen) atoms. The molecule has 4 rings (SSSR count). The van der Waals surface area contributed by atoms with E-state index in [4.69, 9.17) is 33.8 Å². The predicted molar refractivity (Wildman–Crippen MR) is 138 cm³/mol. The molecule has 2 aliphatic rings. The predicted octanol–water partition coefficient (Wildman–Crippen LogP) is 5.09. The second-order valence-corrected chi connectivity index (χ2v) is 9.99. The number of nitrogens with zero attached hydrogens (tertiary/aromatic N) is 3. The highest BCUT2D eigenvalue weighted by atomic mass is 35.5. The molecular formula is C24H33ClN6S. The minimum absolute atomic E-state index is 0.370. The maximum atomic E-state index is 6.12. The first-order valence-corrected chi connectivity index (χ1v) is 12.3. The molecule has 0 unspecified atom stereocenters. The molecule has 8 heteroatoms. The number of aryl methyl sites for hydroxylation is 2. The Bertz CT molecular complexity index is 971. The van der Waals surface area contributed by atoms with Crippen LogP contribution in [0.2, 0.25) is 5.02 Å². The summed E-state index contributed by atoms with van der Waals surface area (Å²) in [4.78, 5) is 11.8. The van der Waals surface area contributed by atoms with E-state index in [0.29, 0.717) is 22.2 Å². The zero-order valence-corrected chi connectivity index (χ0v) is 20.7. The largest absolute Gasteiger partial charge is 0.362 e. The Labute approximate surface area is 201 Å². The van der Waals surface area contributed by atoms with Gasteiger partial charge in [0, 0.05) is 42.5 Å². The van der Waals surface area contributed by atoms with E-state index >= 15 is 0 Å². The summed E-state index contributed by atoms with van der Waals surface area (Å²) < 4.78 is 0. The molecule has 1 fully saturated rings. The molecule has 1 aromatic heterocycles. The highest BCUT2D eigenvalue weighted by Gasteiger charge is 2.24. The van der Waals surface area contributed by atoms with Gasteiger partial charge in [0.2, 0.25) is 5.95 Å². The number of aromatic nitrogens is 2. The lowest BCUT2D eigenvalue weighted by Crippen LogP contribution is -2.42. The number of hydrogen-bond acceptors (Lipinski definition) is 5. The molecule has 0 saturated heterocycles. The topological polar surface area (TPSA) is 65.1 Å². The third-order valence-electron chi connectivity index (χ3n) is 6.43. The van der Waals surface area contributed by atoms with E-state index in [1.807, 2.05) is 25.1 Å². The Morgan fingerprint density at radius 3 is 2.53 bits per heavy atom. The number of anilines is 3. The Morgan fingerprint density at radius 1 is 1.06 bits per heavy atom. The first-order chi connectivity index (χ1) is 15.4. The number of hydrogen-bond donors (Lipinski definition) is 3. The lowest BCUT2D eigenvalue weighted by atomic mass is 9.91. The van der Waals surface area contributed by atoms with Gasteiger partial charge in [-0.25, -0.2) is 4.98 Å². The third kappa shape index (κ3) is 5.62. The number of thiocarbonyl (C=S) groups is 1. The van der Waals surface area contributed by atoms with Crippen molar-refractivity contribution in [3.05, 3.63) is 40.0 Å². The van der Waals surface area contributed by atoms with Crippen molar-refractivity contribution >= 4 is 46.4 Å². The van der Waals surface area contributed by atoms with Crippen molar-refractivity contribution in [3.63, 3.8) is 0 Å². The van der Waals surface area contributed by atoms with Crippen molar-refractivity contribution in [1.82, 2.24) is 15.3 Å². The fourth-order valence-corrected chi connectivity index (χ4v) is 5.09. The molecule has 1 heterocycles. The fourth-order valence-electron chi connectivity index (χ4n) is 4.65. The Balaban J connectivity index is 1.31. The molecule has 2 aromatic rings. The van der Waals surface area contributed by atoms with E-state index in [-0.39, 0.29) is 0 Å². The number of nitrogens with one attached hydrogen (secondary N) is 3. The number of halogens is 1. The summed E-state index contributed by atoms with van der Waals surface area (Å²) in [6.45, 7) is 2.04. The Hall–Kier alpha value is -2.12. The number of rotatable bonds is 5. The van der Waals surface area contributed by atoms with E-state index < -0.39 is 0 Å². The van der Waals surface area contributed by atoms with Crippen molar-refractivity contribution in [2.24, 2.45) is 0 Å². The quantitative estimate of drug-likeness (QED) is 0.523. The van der Waals surface area contributed by atoms with Crippen molar-refractivity contribution in [2.75, 3.05) is 29.6 Å². The zero-order chi connectivity index (χ0) is 22.7. The minimum Gasteiger partial charge on any atom is -0.362 e. The summed E-state index contributed by atoms with van der Waals surface area (Å²) in [5.74, 6) is 1.85. The van der Waals surface area contributed by atoms with Gasteiger partial charge in [0.25, 0.3) is 0 Å². The van der Waals surface area contributed by atoms with E-state index in [1.165, 1.54) is 24.1 Å². The molecule has 0 amide bonds. The van der Waals surface area contributed by atoms with Gasteiger partial charge < -0.3 is 20.9 Å². The van der Waals surface area contributed by atoms with Crippen molar-refractivity contribution in [3.8, 4) is 0 Å². The second-order valence-electron chi connectivity index (χ2n) is 9.15. The van der Waals surface area contributed by atoms with Gasteiger partial charge in [0.15, 0.2) is 5.11 Å². The van der Waals surface area contributed by atoms with Crippen LogP contribution in [0.15, 0.2) is 18.2 Å². The molecule has 2 aliphatic carbocycles. The number of fused-ring (bicyclic) bond motifs is 1. The molecule has 1 aromatic carbocycles. The Kier molecular flexibility index (Phi) is 7.36. The van der Waals surface area contributed by atoms with Crippen LogP contribution in [0.25, 0.3) is 0 Å². The van der Waals surface area contributed by atoms with Crippen LogP contribution in [0.1, 0.15) is 55.3 Å². The molecule has 0 atom stereocenters. The lowest BCUT2D eigenvalue weighted by molar-refractivity contribution is 0.387. The van der Waals surface area contributed by atoms with E-state index in [0.717, 1.165) is 61.5 Å². The van der Waals surface area contributed by atoms with E-state index in [1.54, 1.807) is 0 Å². The first kappa shape index (κ1) is 23.1. The lowest BCUT2D eigenvalue weighted by Gasteiger charge is -2.31. The highest BCUT2D eigenvalue weighted by Crippen LogP contribution is 2.29. The monoisotopic (exact) mass is 472 g/mol. The summed E-state index contributed by atoms with van der Waals surface area (Å²) in [5.41, 5.74) is 4.62. The fraction of sp³-hybridized carbons (Fsp3) is 0.542. The third-order valence-corrected chi connectivity index (χ3v) is 6.88. The van der Waals surface area contributed by atoms with Crippen LogP contribution in [-0.4, -0.2) is 41.3 Å². The summed E-state index contributed by atoms with van der Waals surface area (Å²) >= 11 is 11.7. The van der Waals surface area contributed by atoms with Crippen LogP contribution >= 0.6 is 23.8 Å². The van der Waals surface area contributed by atoms with Gasteiger partial charge in [-0.1, -0.05) is 17.7 Å². The van der Waals surface area contributed by atoms with E-state index in [9.17, 15) is 0 Å². The average molecular weight is 473 g/mol. The normalized spacial score (nSPS) is 20.2. The van der Waals surface area contributed by atoms with Crippen LogP contribution in [-0.2, 0) is 12.8 Å². The Morgan fingerprint density at radius 2 is 1.78 bits per heavy atom. The second kappa shape index (κ2) is 10.2. The van der Waals surface area contributed by atoms with Crippen LogP contribution in [0.5, 0.6) is 0 Å². The van der Waals surface area contributed by atoms with Crippen LogP contribution in [0.3, 0.4) is 0 Å². The van der Waals surface area contributed by atoms with Crippen molar-refractivity contribution in [2.45, 2.75) is 70.4 Å². The molecule has 0 radical (unpaired) electrons. The smallest absolute Gasteiger partial charge is 0.225 e. The summed E-state index contributed by atoms with van der Waals surface area (Å²) in [5, 5.41) is 11.7. The van der Waals surface area contributed by atoms with Crippen LogP contribution < -0.4 is 20.9 Å². The van der Waals surface area contributed by atoms with Crippen LogP contribution in [0, 0.1) is 6.92 Å². The van der Waals surface area contributed by atoms with Crippen molar-refractivity contribution < 1.29 is 0 Å². The van der Waals surface area contributed by atoms with Gasteiger partial charge in [0.05, 0.1) is 5.69 Å². The van der Waals surface area contributed by atoms with Gasteiger partial charge in [-0.05, 0) is 88.2 Å². The van der Waals surface area contributed by atoms with Gasteiger partial charge in [-0.2, -0.15) is 4.98 Å². The van der Waals surface area contributed by atoms with Crippen LogP contribution in [0.4, 0.5) is 17.5 Å². The minimum atomic E-state index is 0.370. The average Bonchev–Trinajstić information content (AvgIpc) is 2.77. The number of benzene rings is 1. The summed E-state index contributed by atoms with van der Waals surface area (Å²) in [6.07, 6.45) is 8.83. The SMILES string of the molecule is Cc1ccc(Cl)cc1NC(=S)N[C@H]1CC[C@@H](Nc2nc3c(c(N(C)C)n2)CCCC3)CC1. The van der Waals surface area contributed by atoms with Gasteiger partial charge in [-0.15, -0.1) is 0 Å². The zero-order valence-electron chi connectivity index (χ0n) is 19.2. The van der Waals surface area contributed by atoms with Gasteiger partial charge in [-0.3, -0.25) is 0 Å². The molecule has 0 aliphatic heterocycles. The standard InChI is InChI=1S/C24H33ClN6S/c1-15-8-9-16(25)14-21(15)29-24(32)27-18-12-10-17(11-13-18)26-23-28-20-7-5-4-6-19(20)22(30-23)31(2)3/h8-9,14,17-18H,4-7,10-13H2,1-3H3,(H,26,28,30)(H2,27,29,32)/t17-,18+.